The topological polar surface area (TPSA) is 64.4 Å². The number of hydrogen-bond donors (Lipinski definition) is 2. The second kappa shape index (κ2) is 6.69. The molecule has 2 heterocycles. The van der Waals surface area contributed by atoms with Crippen molar-refractivity contribution in [3.8, 4) is 5.75 Å². The number of primary amides is 1. The van der Waals surface area contributed by atoms with Gasteiger partial charge in [-0.25, -0.2) is 0 Å². The van der Waals surface area contributed by atoms with E-state index < -0.39 is 0 Å². The Morgan fingerprint density at radius 3 is 3.14 bits per heavy atom. The van der Waals surface area contributed by atoms with E-state index in [1.165, 1.54) is 11.3 Å². The Morgan fingerprint density at radius 2 is 2.36 bits per heavy atom. The number of benzene rings is 1. The lowest BCUT2D eigenvalue weighted by Gasteiger charge is -2.18. The predicted molar refractivity (Wildman–Crippen MR) is 88.6 cm³/mol. The Bertz CT molecular complexity index is 687. The highest BCUT2D eigenvalue weighted by molar-refractivity contribution is 7.10. The molecule has 22 heavy (non-hydrogen) atoms. The first kappa shape index (κ1) is 15.3. The van der Waals surface area contributed by atoms with Crippen LogP contribution >= 0.6 is 22.9 Å². The zero-order valence-electron chi connectivity index (χ0n) is 12.0. The van der Waals surface area contributed by atoms with Gasteiger partial charge in [-0.1, -0.05) is 23.7 Å². The molecule has 1 atom stereocenters. The van der Waals surface area contributed by atoms with Gasteiger partial charge in [0.15, 0.2) is 0 Å². The number of carbonyl (C=O) groups is 1. The number of hydrogen-bond acceptors (Lipinski definition) is 4. The second-order valence-electron chi connectivity index (χ2n) is 5.25. The minimum absolute atomic E-state index is 0.190. The first-order chi connectivity index (χ1) is 10.6. The Hall–Kier alpha value is -1.56. The summed E-state index contributed by atoms with van der Waals surface area (Å²) >= 11 is 7.77. The highest BCUT2D eigenvalue weighted by atomic mass is 35.5. The Kier molecular flexibility index (Phi) is 4.66. The van der Waals surface area contributed by atoms with E-state index in [-0.39, 0.29) is 11.9 Å². The maximum absolute atomic E-state index is 11.1. The van der Waals surface area contributed by atoms with Gasteiger partial charge in [-0.2, -0.15) is 0 Å². The van der Waals surface area contributed by atoms with Crippen LogP contribution in [0.5, 0.6) is 5.75 Å². The summed E-state index contributed by atoms with van der Waals surface area (Å²) in [7, 11) is 0. The molecule has 1 aliphatic rings. The van der Waals surface area contributed by atoms with E-state index in [0.717, 1.165) is 29.0 Å². The van der Waals surface area contributed by atoms with Gasteiger partial charge in [0.1, 0.15) is 5.75 Å². The first-order valence-electron chi connectivity index (χ1n) is 7.17. The fourth-order valence-corrected chi connectivity index (χ4v) is 3.67. The molecule has 1 aromatic carbocycles. The van der Waals surface area contributed by atoms with Crippen molar-refractivity contribution in [1.29, 1.82) is 0 Å². The van der Waals surface area contributed by atoms with Crippen molar-refractivity contribution in [2.45, 2.75) is 25.4 Å². The van der Waals surface area contributed by atoms with Crippen LogP contribution in [0, 0.1) is 0 Å². The molecule has 116 valence electrons. The Labute approximate surface area is 138 Å². The van der Waals surface area contributed by atoms with Crippen molar-refractivity contribution in [3.63, 3.8) is 0 Å². The normalized spacial score (nSPS) is 17.4. The summed E-state index contributed by atoms with van der Waals surface area (Å²) < 4.78 is 5.77. The summed E-state index contributed by atoms with van der Waals surface area (Å²) in [5.74, 6) is 0.394. The molecule has 2 aromatic rings. The molecule has 0 saturated carbocycles. The highest BCUT2D eigenvalue weighted by Crippen LogP contribution is 2.37. The fourth-order valence-electron chi connectivity index (χ4n) is 2.61. The molecule has 0 aliphatic carbocycles. The SMILES string of the molecule is NC(=O)c1csc(CN[C@H]2CCCOc3c(Cl)cccc32)c1. The molecule has 3 rings (SSSR count). The van der Waals surface area contributed by atoms with Crippen LogP contribution in [0.15, 0.2) is 29.6 Å². The van der Waals surface area contributed by atoms with Gasteiger partial charge in [0.05, 0.1) is 17.2 Å². The number of nitrogens with one attached hydrogen (secondary N) is 1. The maximum Gasteiger partial charge on any atom is 0.249 e. The lowest BCUT2D eigenvalue weighted by molar-refractivity contribution is 0.100. The van der Waals surface area contributed by atoms with Crippen molar-refractivity contribution in [1.82, 2.24) is 5.32 Å². The molecule has 0 unspecified atom stereocenters. The number of para-hydroxylation sites is 1. The molecule has 0 saturated heterocycles. The van der Waals surface area contributed by atoms with E-state index in [9.17, 15) is 4.79 Å². The number of rotatable bonds is 4. The quantitative estimate of drug-likeness (QED) is 0.898. The third-order valence-electron chi connectivity index (χ3n) is 3.72. The minimum atomic E-state index is -0.387. The van der Waals surface area contributed by atoms with Crippen molar-refractivity contribution in [3.05, 3.63) is 50.7 Å². The molecule has 0 bridgehead atoms. The van der Waals surface area contributed by atoms with E-state index in [1.54, 1.807) is 5.38 Å². The van der Waals surface area contributed by atoms with Crippen LogP contribution in [0.2, 0.25) is 5.02 Å². The monoisotopic (exact) mass is 336 g/mol. The molecule has 6 heteroatoms. The molecule has 0 spiro atoms. The Morgan fingerprint density at radius 1 is 1.50 bits per heavy atom. The molecule has 1 aromatic heterocycles. The molecule has 0 radical (unpaired) electrons. The van der Waals surface area contributed by atoms with E-state index in [2.05, 4.69) is 5.32 Å². The van der Waals surface area contributed by atoms with Gasteiger partial charge < -0.3 is 15.8 Å². The number of nitrogens with two attached hydrogens (primary N) is 1. The number of thiophene rings is 1. The van der Waals surface area contributed by atoms with E-state index >= 15 is 0 Å². The zero-order valence-corrected chi connectivity index (χ0v) is 13.5. The molecule has 1 aliphatic heterocycles. The predicted octanol–water partition coefficient (Wildman–Crippen LogP) is 3.50. The van der Waals surface area contributed by atoms with Gasteiger partial charge in [-0.05, 0) is 25.0 Å². The third kappa shape index (κ3) is 3.27. The lowest BCUT2D eigenvalue weighted by Crippen LogP contribution is -2.20. The van der Waals surface area contributed by atoms with Gasteiger partial charge in [0.2, 0.25) is 5.91 Å². The molecule has 4 nitrogen and oxygen atoms in total. The van der Waals surface area contributed by atoms with Gasteiger partial charge in [-0.3, -0.25) is 4.79 Å². The van der Waals surface area contributed by atoms with E-state index in [4.69, 9.17) is 22.1 Å². The number of fused-ring (bicyclic) bond motifs is 1. The average molecular weight is 337 g/mol. The average Bonchev–Trinajstić information content (AvgIpc) is 2.87. The third-order valence-corrected chi connectivity index (χ3v) is 4.95. The minimum Gasteiger partial charge on any atom is -0.492 e. The summed E-state index contributed by atoms with van der Waals surface area (Å²) in [6.07, 6.45) is 1.96. The molecular weight excluding hydrogens is 320 g/mol. The van der Waals surface area contributed by atoms with Crippen LogP contribution in [0.25, 0.3) is 0 Å². The van der Waals surface area contributed by atoms with Crippen molar-refractivity contribution < 1.29 is 9.53 Å². The second-order valence-corrected chi connectivity index (χ2v) is 6.65. The van der Waals surface area contributed by atoms with Gasteiger partial charge >= 0.3 is 0 Å². The summed E-state index contributed by atoms with van der Waals surface area (Å²) in [6, 6.07) is 7.87. The fraction of sp³-hybridized carbons (Fsp3) is 0.312. The molecule has 1 amide bonds. The standard InChI is InChI=1S/C16H17ClN2O2S/c17-13-4-1-3-12-14(5-2-6-21-15(12)13)19-8-11-7-10(9-22-11)16(18)20/h1,3-4,7,9,14,19H,2,5-6,8H2,(H2,18,20)/t14-/m0/s1. The molecule has 0 fully saturated rings. The van der Waals surface area contributed by atoms with Gasteiger partial charge in [0.25, 0.3) is 0 Å². The summed E-state index contributed by atoms with van der Waals surface area (Å²) in [6.45, 7) is 1.37. The smallest absolute Gasteiger partial charge is 0.249 e. The van der Waals surface area contributed by atoms with Crippen LogP contribution < -0.4 is 15.8 Å². The van der Waals surface area contributed by atoms with Crippen molar-refractivity contribution >= 4 is 28.8 Å². The van der Waals surface area contributed by atoms with Gasteiger partial charge in [-0.15, -0.1) is 11.3 Å². The summed E-state index contributed by atoms with van der Waals surface area (Å²) in [5, 5.41) is 5.98. The molecule has 3 N–H and O–H groups in total. The number of halogens is 1. The highest BCUT2D eigenvalue weighted by Gasteiger charge is 2.21. The van der Waals surface area contributed by atoms with Crippen LogP contribution in [-0.4, -0.2) is 12.5 Å². The van der Waals surface area contributed by atoms with Crippen LogP contribution in [0.1, 0.15) is 39.7 Å². The van der Waals surface area contributed by atoms with Crippen molar-refractivity contribution in [2.24, 2.45) is 5.73 Å². The summed E-state index contributed by atoms with van der Waals surface area (Å²) in [5.41, 5.74) is 6.94. The number of amides is 1. The van der Waals surface area contributed by atoms with Crippen LogP contribution in [0.3, 0.4) is 0 Å². The van der Waals surface area contributed by atoms with E-state index in [0.29, 0.717) is 23.7 Å². The number of ether oxygens (including phenoxy) is 1. The number of carbonyl (C=O) groups excluding carboxylic acids is 1. The van der Waals surface area contributed by atoms with Crippen molar-refractivity contribution in [2.75, 3.05) is 6.61 Å². The van der Waals surface area contributed by atoms with Crippen LogP contribution in [-0.2, 0) is 6.54 Å². The maximum atomic E-state index is 11.1. The lowest BCUT2D eigenvalue weighted by atomic mass is 10.0. The first-order valence-corrected chi connectivity index (χ1v) is 8.42. The Balaban J connectivity index is 1.75. The largest absolute Gasteiger partial charge is 0.492 e. The van der Waals surface area contributed by atoms with E-state index in [1.807, 2.05) is 24.3 Å². The zero-order chi connectivity index (χ0) is 15.5. The molecular formula is C16H17ClN2O2S. The summed E-state index contributed by atoms with van der Waals surface area (Å²) in [4.78, 5) is 12.2. The van der Waals surface area contributed by atoms with Gasteiger partial charge in [0, 0.05) is 28.4 Å². The van der Waals surface area contributed by atoms with Crippen LogP contribution in [0.4, 0.5) is 0 Å².